The molecule has 0 saturated carbocycles. The van der Waals surface area contributed by atoms with Crippen molar-refractivity contribution in [1.82, 2.24) is 25.0 Å². The van der Waals surface area contributed by atoms with Gasteiger partial charge in [0.2, 0.25) is 0 Å². The third kappa shape index (κ3) is 2.97. The Bertz CT molecular complexity index is 244. The van der Waals surface area contributed by atoms with Gasteiger partial charge in [0.25, 0.3) is 0 Å². The Labute approximate surface area is 87.7 Å². The Hall–Kier alpha value is -0.590. The highest BCUT2D eigenvalue weighted by Gasteiger charge is 2.08. The van der Waals surface area contributed by atoms with Crippen LogP contribution in [0.3, 0.4) is 0 Å². The van der Waals surface area contributed by atoms with Crippen LogP contribution >= 0.6 is 11.5 Å². The fraction of sp³-hybridized carbons (Fsp3) is 0.875. The van der Waals surface area contributed by atoms with Crippen molar-refractivity contribution in [2.24, 2.45) is 0 Å². The number of nitrogens with zero attached hydrogens (tertiary/aromatic N) is 4. The predicted octanol–water partition coefficient (Wildman–Crippen LogP) is -0.229. The summed E-state index contributed by atoms with van der Waals surface area (Å²) in [7, 11) is 0. The van der Waals surface area contributed by atoms with Crippen LogP contribution < -0.4 is 5.32 Å². The highest BCUT2D eigenvalue weighted by atomic mass is 32.1. The topological polar surface area (TPSA) is 53.9 Å². The molecular weight excluding hydrogens is 198 g/mol. The van der Waals surface area contributed by atoms with Gasteiger partial charge in [0.05, 0.1) is 0 Å². The lowest BCUT2D eigenvalue weighted by Crippen LogP contribution is -2.43. The second-order valence-corrected chi connectivity index (χ2v) is 4.27. The van der Waals surface area contributed by atoms with Gasteiger partial charge in [-0.1, -0.05) is 4.49 Å². The molecule has 1 aromatic rings. The van der Waals surface area contributed by atoms with Gasteiger partial charge in [-0.15, -0.1) is 5.10 Å². The average Bonchev–Trinajstić information content (AvgIpc) is 2.72. The van der Waals surface area contributed by atoms with Crippen LogP contribution in [0.25, 0.3) is 0 Å². The van der Waals surface area contributed by atoms with Gasteiger partial charge in [-0.2, -0.15) is 0 Å². The third-order valence-corrected chi connectivity index (χ3v) is 3.06. The molecule has 5 nitrogen and oxygen atoms in total. The van der Waals surface area contributed by atoms with Crippen molar-refractivity contribution in [3.05, 3.63) is 5.01 Å². The van der Waals surface area contributed by atoms with Crippen LogP contribution in [0.4, 0.5) is 0 Å². The van der Waals surface area contributed by atoms with Crippen LogP contribution in [0, 0.1) is 0 Å². The van der Waals surface area contributed by atoms with E-state index in [9.17, 15) is 0 Å². The number of aromatic nitrogens is 3. The van der Waals surface area contributed by atoms with E-state index in [0.717, 1.165) is 30.9 Å². The van der Waals surface area contributed by atoms with Gasteiger partial charge in [0.1, 0.15) is 5.01 Å². The van der Waals surface area contributed by atoms with Crippen molar-refractivity contribution in [2.75, 3.05) is 32.7 Å². The lowest BCUT2D eigenvalue weighted by Gasteiger charge is -2.26. The van der Waals surface area contributed by atoms with E-state index in [0.29, 0.717) is 0 Å². The summed E-state index contributed by atoms with van der Waals surface area (Å²) >= 11 is 1.41. The van der Waals surface area contributed by atoms with E-state index >= 15 is 0 Å². The van der Waals surface area contributed by atoms with E-state index in [1.54, 1.807) is 0 Å². The lowest BCUT2D eigenvalue weighted by atomic mass is 10.2. The molecule has 0 aliphatic carbocycles. The number of hydrogen-bond acceptors (Lipinski definition) is 6. The maximum atomic E-state index is 3.93. The highest BCUT2D eigenvalue weighted by molar-refractivity contribution is 7.05. The third-order valence-electron chi connectivity index (χ3n) is 2.41. The molecule has 1 aliphatic rings. The van der Waals surface area contributed by atoms with E-state index in [1.165, 1.54) is 31.2 Å². The smallest absolute Gasteiger partial charge is 0.138 e. The van der Waals surface area contributed by atoms with Crippen molar-refractivity contribution in [3.8, 4) is 0 Å². The first-order valence-electron chi connectivity index (χ1n) is 5.02. The molecule has 2 rings (SSSR count). The minimum absolute atomic E-state index is 1.02. The first kappa shape index (κ1) is 9.95. The molecule has 2 heterocycles. The lowest BCUT2D eigenvalue weighted by molar-refractivity contribution is 0.238. The fourth-order valence-corrected chi connectivity index (χ4v) is 2.11. The molecule has 0 unspecified atom stereocenters. The zero-order valence-electron chi connectivity index (χ0n) is 8.15. The molecule has 1 fully saturated rings. The SMILES string of the molecule is C(Cc1nnns1)CN1CCNCC1. The van der Waals surface area contributed by atoms with Crippen LogP contribution in [0.5, 0.6) is 0 Å². The summed E-state index contributed by atoms with van der Waals surface area (Å²) in [6, 6.07) is 0. The Morgan fingerprint density at radius 1 is 1.36 bits per heavy atom. The monoisotopic (exact) mass is 213 g/mol. The summed E-state index contributed by atoms with van der Waals surface area (Å²) in [6.07, 6.45) is 2.18. The van der Waals surface area contributed by atoms with E-state index in [1.807, 2.05) is 0 Å². The predicted molar refractivity (Wildman–Crippen MR) is 55.3 cm³/mol. The zero-order valence-corrected chi connectivity index (χ0v) is 8.96. The average molecular weight is 213 g/mol. The minimum Gasteiger partial charge on any atom is -0.314 e. The summed E-state index contributed by atoms with van der Waals surface area (Å²) in [4.78, 5) is 2.49. The Balaban J connectivity index is 1.62. The van der Waals surface area contributed by atoms with Gasteiger partial charge in [0.15, 0.2) is 0 Å². The van der Waals surface area contributed by atoms with Gasteiger partial charge in [-0.3, -0.25) is 0 Å². The van der Waals surface area contributed by atoms with Gasteiger partial charge in [-0.25, -0.2) is 0 Å². The summed E-state index contributed by atoms with van der Waals surface area (Å²) in [5.41, 5.74) is 0. The number of nitrogens with one attached hydrogen (secondary N) is 1. The van der Waals surface area contributed by atoms with E-state index in [4.69, 9.17) is 0 Å². The zero-order chi connectivity index (χ0) is 9.64. The standard InChI is InChI=1S/C8H15N5S/c1(2-8-10-11-12-14-8)5-13-6-3-9-4-7-13/h9H,1-7H2. The molecule has 78 valence electrons. The van der Waals surface area contributed by atoms with Gasteiger partial charge >= 0.3 is 0 Å². The first-order valence-corrected chi connectivity index (χ1v) is 5.79. The van der Waals surface area contributed by atoms with Crippen molar-refractivity contribution >= 4 is 11.5 Å². The fourth-order valence-electron chi connectivity index (χ4n) is 1.64. The van der Waals surface area contributed by atoms with Crippen LogP contribution in [0.2, 0.25) is 0 Å². The molecule has 14 heavy (non-hydrogen) atoms. The van der Waals surface area contributed by atoms with Crippen LogP contribution in [-0.4, -0.2) is 52.4 Å². The largest absolute Gasteiger partial charge is 0.314 e. The van der Waals surface area contributed by atoms with Gasteiger partial charge in [0, 0.05) is 44.1 Å². The van der Waals surface area contributed by atoms with Crippen LogP contribution in [0.1, 0.15) is 11.4 Å². The number of aryl methyl sites for hydroxylation is 1. The van der Waals surface area contributed by atoms with Crippen LogP contribution in [0.15, 0.2) is 0 Å². The summed E-state index contributed by atoms with van der Waals surface area (Å²) in [6.45, 7) is 5.77. The number of piperazine rings is 1. The Morgan fingerprint density at radius 3 is 2.93 bits per heavy atom. The molecule has 1 N–H and O–H groups in total. The second kappa shape index (κ2) is 5.33. The van der Waals surface area contributed by atoms with Gasteiger partial charge < -0.3 is 10.2 Å². The second-order valence-electron chi connectivity index (χ2n) is 3.45. The molecular formula is C8H15N5S. The number of hydrogen-bond donors (Lipinski definition) is 1. The molecule has 0 bridgehead atoms. The van der Waals surface area contributed by atoms with Crippen molar-refractivity contribution in [1.29, 1.82) is 0 Å². The number of rotatable bonds is 4. The van der Waals surface area contributed by atoms with Crippen LogP contribution in [-0.2, 0) is 6.42 Å². The highest BCUT2D eigenvalue weighted by Crippen LogP contribution is 2.03. The molecule has 0 radical (unpaired) electrons. The molecule has 0 aromatic carbocycles. The van der Waals surface area contributed by atoms with Crippen molar-refractivity contribution < 1.29 is 0 Å². The van der Waals surface area contributed by atoms with Gasteiger partial charge in [-0.05, 0) is 18.2 Å². The molecule has 6 heteroatoms. The van der Waals surface area contributed by atoms with E-state index in [-0.39, 0.29) is 0 Å². The maximum absolute atomic E-state index is 3.93. The summed E-state index contributed by atoms with van der Waals surface area (Å²) in [5.74, 6) is 0. The maximum Gasteiger partial charge on any atom is 0.138 e. The van der Waals surface area contributed by atoms with E-state index in [2.05, 4.69) is 25.0 Å². The van der Waals surface area contributed by atoms with Crippen molar-refractivity contribution in [3.63, 3.8) is 0 Å². The molecule has 1 saturated heterocycles. The molecule has 0 amide bonds. The molecule has 0 atom stereocenters. The molecule has 1 aliphatic heterocycles. The molecule has 1 aromatic heterocycles. The quantitative estimate of drug-likeness (QED) is 0.749. The Morgan fingerprint density at radius 2 is 2.21 bits per heavy atom. The van der Waals surface area contributed by atoms with Crippen molar-refractivity contribution in [2.45, 2.75) is 12.8 Å². The minimum atomic E-state index is 1.02. The summed E-state index contributed by atoms with van der Waals surface area (Å²) < 4.78 is 3.74. The molecule has 0 spiro atoms. The van der Waals surface area contributed by atoms with E-state index < -0.39 is 0 Å². The first-order chi connectivity index (χ1) is 6.95. The summed E-state index contributed by atoms with van der Waals surface area (Å²) in [5, 5.41) is 11.9. The Kier molecular flexibility index (Phi) is 3.79. The normalized spacial score (nSPS) is 18.6.